The number of esters is 2. The summed E-state index contributed by atoms with van der Waals surface area (Å²) in [5.74, 6) is -22.5. The van der Waals surface area contributed by atoms with E-state index in [1.54, 1.807) is 0 Å². The monoisotopic (exact) mass is 556 g/mol. The second kappa shape index (κ2) is 14.9. The molecule has 208 valence electrons. The SMILES string of the molecule is CCCCCCCCOC(=O)CC(SOOO)C(=O)OCCC(F)(F)C(F)(F)C(F)(F)C(F)(F)F. The van der Waals surface area contributed by atoms with E-state index in [-0.39, 0.29) is 18.6 Å². The summed E-state index contributed by atoms with van der Waals surface area (Å²) in [7, 11) is 0. The summed E-state index contributed by atoms with van der Waals surface area (Å²) in [6.07, 6.45) is -5.00. The first kappa shape index (κ1) is 33.5. The standard InChI is InChI=1S/C18H25F9O7S/c1-2-3-4-5-6-7-9-31-13(28)11-12(35-34-33-30)14(29)32-10-8-15(19,20)16(21,22)17(23,24)18(25,26)27/h12,30H,2-11H2,1H3. The molecule has 7 nitrogen and oxygen atoms in total. The number of ether oxygens (including phenoxy) is 2. The molecule has 0 fully saturated rings. The fourth-order valence-corrected chi connectivity index (χ4v) is 2.92. The van der Waals surface area contributed by atoms with Gasteiger partial charge in [-0.25, -0.2) is 5.26 Å². The zero-order valence-corrected chi connectivity index (χ0v) is 19.2. The van der Waals surface area contributed by atoms with Gasteiger partial charge in [0.15, 0.2) is 0 Å². The maximum atomic E-state index is 13.5. The highest BCUT2D eigenvalue weighted by molar-refractivity contribution is 7.95. The molecule has 1 atom stereocenters. The van der Waals surface area contributed by atoms with Crippen LogP contribution in [0.25, 0.3) is 0 Å². The van der Waals surface area contributed by atoms with E-state index in [0.29, 0.717) is 6.42 Å². The maximum absolute atomic E-state index is 13.5. The Morgan fingerprint density at radius 2 is 1.40 bits per heavy atom. The quantitative estimate of drug-likeness (QED) is 0.0540. The Hall–Kier alpha value is -1.46. The summed E-state index contributed by atoms with van der Waals surface area (Å²) in [5, 5.41) is 9.61. The lowest BCUT2D eigenvalue weighted by Crippen LogP contribution is -2.61. The molecule has 17 heteroatoms. The molecule has 0 amide bonds. The summed E-state index contributed by atoms with van der Waals surface area (Å²) in [4.78, 5) is 23.7. The molecule has 1 unspecified atom stereocenters. The van der Waals surface area contributed by atoms with E-state index in [1.807, 2.05) is 6.92 Å². The van der Waals surface area contributed by atoms with Crippen LogP contribution in [0.5, 0.6) is 0 Å². The lowest BCUT2D eigenvalue weighted by atomic mass is 10.0. The highest BCUT2D eigenvalue weighted by Crippen LogP contribution is 2.53. The van der Waals surface area contributed by atoms with E-state index in [1.165, 1.54) is 0 Å². The van der Waals surface area contributed by atoms with Crippen LogP contribution in [-0.4, -0.2) is 59.6 Å². The zero-order valence-electron chi connectivity index (χ0n) is 18.4. The first-order valence-corrected chi connectivity index (χ1v) is 11.0. The van der Waals surface area contributed by atoms with Crippen LogP contribution in [0.4, 0.5) is 39.5 Å². The summed E-state index contributed by atoms with van der Waals surface area (Å²) in [6.45, 7) is 0.280. The molecule has 35 heavy (non-hydrogen) atoms. The highest BCUT2D eigenvalue weighted by Gasteiger charge is 2.81. The number of alkyl halides is 9. The van der Waals surface area contributed by atoms with Gasteiger partial charge in [-0.3, -0.25) is 9.59 Å². The van der Waals surface area contributed by atoms with Gasteiger partial charge in [-0.1, -0.05) is 44.1 Å². The third-order valence-electron chi connectivity index (χ3n) is 4.43. The summed E-state index contributed by atoms with van der Waals surface area (Å²) >= 11 is -0.0701. The molecular formula is C18H25F9O7S. The smallest absolute Gasteiger partial charge is 0.460 e. The Balaban J connectivity index is 4.82. The van der Waals surface area contributed by atoms with Crippen molar-refractivity contribution in [1.29, 1.82) is 0 Å². The Bertz CT molecular complexity index is 648. The Morgan fingerprint density at radius 1 is 0.829 bits per heavy atom. The molecule has 0 spiro atoms. The first-order chi connectivity index (χ1) is 16.0. The van der Waals surface area contributed by atoms with Crippen LogP contribution in [-0.2, 0) is 28.4 Å². The van der Waals surface area contributed by atoms with Gasteiger partial charge >= 0.3 is 35.9 Å². The minimum Gasteiger partial charge on any atom is -0.466 e. The molecule has 0 bridgehead atoms. The molecule has 0 aliphatic carbocycles. The third-order valence-corrected chi connectivity index (χ3v) is 5.16. The summed E-state index contributed by atoms with van der Waals surface area (Å²) < 4.78 is 128. The Labute approximate surface area is 198 Å². The van der Waals surface area contributed by atoms with Crippen LogP contribution in [0.15, 0.2) is 0 Å². The van der Waals surface area contributed by atoms with E-state index >= 15 is 0 Å². The second-order valence-corrected chi connectivity index (χ2v) is 8.09. The molecule has 0 saturated carbocycles. The van der Waals surface area contributed by atoms with Crippen molar-refractivity contribution in [3.8, 4) is 0 Å². The zero-order chi connectivity index (χ0) is 27.3. The maximum Gasteiger partial charge on any atom is 0.460 e. The largest absolute Gasteiger partial charge is 0.466 e. The topological polar surface area (TPSA) is 91.3 Å². The molecule has 0 saturated heterocycles. The van der Waals surface area contributed by atoms with Gasteiger partial charge < -0.3 is 9.47 Å². The molecular weight excluding hydrogens is 531 g/mol. The Morgan fingerprint density at radius 3 is 1.94 bits per heavy atom. The van der Waals surface area contributed by atoms with Gasteiger partial charge in [-0.05, 0) is 6.42 Å². The molecule has 0 heterocycles. The van der Waals surface area contributed by atoms with Crippen molar-refractivity contribution < 1.29 is 73.2 Å². The van der Waals surface area contributed by atoms with Crippen LogP contribution in [0.1, 0.15) is 58.3 Å². The molecule has 1 N–H and O–H groups in total. The third kappa shape index (κ3) is 10.6. The van der Waals surface area contributed by atoms with Crippen molar-refractivity contribution >= 4 is 24.0 Å². The van der Waals surface area contributed by atoms with Crippen molar-refractivity contribution in [2.24, 2.45) is 0 Å². The number of rotatable bonds is 18. The van der Waals surface area contributed by atoms with Crippen molar-refractivity contribution in [2.75, 3.05) is 13.2 Å². The van der Waals surface area contributed by atoms with Gasteiger partial charge in [0.25, 0.3) is 0 Å². The van der Waals surface area contributed by atoms with Crippen LogP contribution in [0, 0.1) is 0 Å². The fraction of sp³-hybridized carbons (Fsp3) is 0.889. The van der Waals surface area contributed by atoms with Crippen LogP contribution < -0.4 is 0 Å². The number of unbranched alkanes of at least 4 members (excludes halogenated alkanes) is 5. The molecule has 0 aliphatic heterocycles. The molecule has 0 aliphatic rings. The number of halogens is 9. The lowest BCUT2D eigenvalue weighted by Gasteiger charge is -2.33. The minimum absolute atomic E-state index is 0.0243. The van der Waals surface area contributed by atoms with E-state index in [2.05, 4.69) is 14.1 Å². The van der Waals surface area contributed by atoms with Crippen LogP contribution in [0.2, 0.25) is 0 Å². The normalized spacial score (nSPS) is 14.0. The number of hydrogen-bond acceptors (Lipinski definition) is 8. The summed E-state index contributed by atoms with van der Waals surface area (Å²) in [6, 6.07) is 0. The highest BCUT2D eigenvalue weighted by atomic mass is 32.2. The van der Waals surface area contributed by atoms with Crippen molar-refractivity contribution in [3.05, 3.63) is 0 Å². The van der Waals surface area contributed by atoms with Gasteiger partial charge in [-0.2, -0.15) is 39.5 Å². The average molecular weight is 556 g/mol. The predicted molar refractivity (Wildman–Crippen MR) is 102 cm³/mol. The fourth-order valence-electron chi connectivity index (χ4n) is 2.44. The number of carbonyl (C=O) groups is 2. The van der Waals surface area contributed by atoms with E-state index in [4.69, 9.17) is 9.99 Å². The first-order valence-electron chi connectivity index (χ1n) is 10.2. The van der Waals surface area contributed by atoms with Gasteiger partial charge in [-0.15, -0.1) is 4.33 Å². The summed E-state index contributed by atoms with van der Waals surface area (Å²) in [5.41, 5.74) is 0. The van der Waals surface area contributed by atoms with Crippen LogP contribution in [0.3, 0.4) is 0 Å². The van der Waals surface area contributed by atoms with Gasteiger partial charge in [0.2, 0.25) is 0 Å². The van der Waals surface area contributed by atoms with Crippen molar-refractivity contribution in [1.82, 2.24) is 0 Å². The molecule has 0 aromatic carbocycles. The van der Waals surface area contributed by atoms with E-state index in [9.17, 15) is 49.1 Å². The molecule has 0 aromatic heterocycles. The van der Waals surface area contributed by atoms with E-state index < -0.39 is 60.6 Å². The molecule has 0 rings (SSSR count). The second-order valence-electron chi connectivity index (χ2n) is 7.19. The lowest BCUT2D eigenvalue weighted by molar-refractivity contribution is -0.432. The van der Waals surface area contributed by atoms with Gasteiger partial charge in [0, 0.05) is 0 Å². The van der Waals surface area contributed by atoms with E-state index in [0.717, 1.165) is 32.1 Å². The van der Waals surface area contributed by atoms with Gasteiger partial charge in [0.05, 0.1) is 38.1 Å². The number of hydrogen-bond donors (Lipinski definition) is 1. The molecule has 0 aromatic rings. The van der Waals surface area contributed by atoms with Crippen LogP contribution >= 0.6 is 12.0 Å². The predicted octanol–water partition coefficient (Wildman–Crippen LogP) is 6.12. The Kier molecular flexibility index (Phi) is 14.3. The number of carbonyl (C=O) groups excluding carboxylic acids is 2. The minimum atomic E-state index is -7.07. The van der Waals surface area contributed by atoms with Crippen molar-refractivity contribution in [3.63, 3.8) is 0 Å². The van der Waals surface area contributed by atoms with Crippen molar-refractivity contribution in [2.45, 2.75) is 87.5 Å². The van der Waals surface area contributed by atoms with Gasteiger partial charge in [0.1, 0.15) is 5.25 Å². The average Bonchev–Trinajstić information content (AvgIpc) is 2.74. The molecule has 0 radical (unpaired) electrons.